The number of hydrogen-bond donors (Lipinski definition) is 1. The van der Waals surface area contributed by atoms with Crippen LogP contribution in [0.4, 0.5) is 11.5 Å². The molecule has 1 aliphatic heterocycles. The van der Waals surface area contributed by atoms with Gasteiger partial charge in [-0.25, -0.2) is 9.50 Å². The van der Waals surface area contributed by atoms with Gasteiger partial charge in [0.25, 0.3) is 5.91 Å². The number of carbonyl (C=O) groups is 1. The largest absolute Gasteiger partial charge is 0.353 e. The number of benzene rings is 1. The Morgan fingerprint density at radius 2 is 1.88 bits per heavy atom. The van der Waals surface area contributed by atoms with E-state index in [4.69, 9.17) is 4.98 Å². The summed E-state index contributed by atoms with van der Waals surface area (Å²) < 4.78 is 1.77. The monoisotopic (exact) mass is 367 g/mol. The second-order valence-corrected chi connectivity index (χ2v) is 7.71. The molecule has 1 aromatic carbocycles. The van der Waals surface area contributed by atoms with Crippen LogP contribution < -0.4 is 10.2 Å². The Morgan fingerprint density at radius 1 is 1.15 bits per heavy atom. The summed E-state index contributed by atoms with van der Waals surface area (Å²) in [6.07, 6.45) is 1.86. The zero-order valence-corrected chi connectivity index (χ0v) is 15.7. The van der Waals surface area contributed by atoms with Crippen LogP contribution >= 0.6 is 11.8 Å². The second-order valence-electron chi connectivity index (χ2n) is 6.48. The van der Waals surface area contributed by atoms with Crippen LogP contribution in [0.3, 0.4) is 0 Å². The molecular formula is C19H21N5OS. The number of fused-ring (bicyclic) bond motifs is 1. The van der Waals surface area contributed by atoms with Crippen molar-refractivity contribution in [2.45, 2.75) is 13.8 Å². The van der Waals surface area contributed by atoms with Crippen molar-refractivity contribution >= 4 is 34.7 Å². The van der Waals surface area contributed by atoms with E-state index in [1.54, 1.807) is 4.52 Å². The molecule has 0 radical (unpaired) electrons. The van der Waals surface area contributed by atoms with Crippen molar-refractivity contribution in [1.82, 2.24) is 14.6 Å². The van der Waals surface area contributed by atoms with Crippen LogP contribution in [0.25, 0.3) is 5.52 Å². The minimum absolute atomic E-state index is 0.213. The van der Waals surface area contributed by atoms with Gasteiger partial charge in [-0.15, -0.1) is 0 Å². The Balaban J connectivity index is 1.66. The zero-order valence-electron chi connectivity index (χ0n) is 14.9. The summed E-state index contributed by atoms with van der Waals surface area (Å²) in [4.78, 5) is 19.6. The molecule has 1 saturated heterocycles. The molecule has 26 heavy (non-hydrogen) atoms. The van der Waals surface area contributed by atoms with Crippen molar-refractivity contribution < 1.29 is 4.79 Å². The van der Waals surface area contributed by atoms with Gasteiger partial charge >= 0.3 is 0 Å². The Morgan fingerprint density at radius 3 is 2.62 bits per heavy atom. The number of nitrogens with zero attached hydrogens (tertiary/aromatic N) is 4. The van der Waals surface area contributed by atoms with Gasteiger partial charge in [0.2, 0.25) is 0 Å². The van der Waals surface area contributed by atoms with Gasteiger partial charge in [0.05, 0.1) is 11.9 Å². The highest BCUT2D eigenvalue weighted by Gasteiger charge is 2.19. The van der Waals surface area contributed by atoms with Gasteiger partial charge in [-0.3, -0.25) is 4.79 Å². The van der Waals surface area contributed by atoms with Crippen molar-refractivity contribution in [2.24, 2.45) is 0 Å². The van der Waals surface area contributed by atoms with Gasteiger partial charge in [0.15, 0.2) is 11.5 Å². The normalized spacial score (nSPS) is 14.6. The summed E-state index contributed by atoms with van der Waals surface area (Å²) in [7, 11) is 0. The van der Waals surface area contributed by atoms with Gasteiger partial charge in [-0.1, -0.05) is 17.7 Å². The molecule has 1 aliphatic rings. The number of aryl methyl sites for hydroxylation is 2. The van der Waals surface area contributed by atoms with Crippen LogP contribution in [0.15, 0.2) is 36.5 Å². The van der Waals surface area contributed by atoms with Gasteiger partial charge in [-0.2, -0.15) is 16.9 Å². The van der Waals surface area contributed by atoms with E-state index < -0.39 is 0 Å². The third-order valence-corrected chi connectivity index (χ3v) is 5.35. The molecule has 0 spiro atoms. The molecule has 0 atom stereocenters. The first-order chi connectivity index (χ1) is 12.6. The molecule has 0 saturated carbocycles. The van der Waals surface area contributed by atoms with E-state index in [-0.39, 0.29) is 5.91 Å². The summed E-state index contributed by atoms with van der Waals surface area (Å²) in [5.74, 6) is 2.88. The van der Waals surface area contributed by atoms with Gasteiger partial charge in [0.1, 0.15) is 5.52 Å². The predicted octanol–water partition coefficient (Wildman–Crippen LogP) is 3.15. The van der Waals surface area contributed by atoms with E-state index in [9.17, 15) is 4.79 Å². The molecule has 2 aromatic heterocycles. The van der Waals surface area contributed by atoms with Gasteiger partial charge in [0, 0.05) is 36.3 Å². The molecule has 1 fully saturated rings. The number of thioether (sulfide) groups is 1. The van der Waals surface area contributed by atoms with Crippen LogP contribution in [-0.2, 0) is 0 Å². The van der Waals surface area contributed by atoms with E-state index in [1.807, 2.05) is 62.1 Å². The lowest BCUT2D eigenvalue weighted by Crippen LogP contribution is -2.33. The third-order valence-electron chi connectivity index (χ3n) is 4.41. The molecule has 7 heteroatoms. The quantitative estimate of drug-likeness (QED) is 0.770. The van der Waals surface area contributed by atoms with E-state index in [0.717, 1.165) is 52.9 Å². The summed E-state index contributed by atoms with van der Waals surface area (Å²) in [6, 6.07) is 9.56. The van der Waals surface area contributed by atoms with Crippen LogP contribution in [0.5, 0.6) is 0 Å². The van der Waals surface area contributed by atoms with Crippen molar-refractivity contribution in [3.8, 4) is 0 Å². The lowest BCUT2D eigenvalue weighted by Gasteiger charge is -2.28. The summed E-state index contributed by atoms with van der Waals surface area (Å²) >= 11 is 1.96. The van der Waals surface area contributed by atoms with Crippen molar-refractivity contribution in [3.05, 3.63) is 53.5 Å². The van der Waals surface area contributed by atoms with Crippen molar-refractivity contribution in [2.75, 3.05) is 34.8 Å². The Kier molecular flexibility index (Phi) is 4.55. The first kappa shape index (κ1) is 16.9. The maximum Gasteiger partial charge on any atom is 0.276 e. The lowest BCUT2D eigenvalue weighted by atomic mass is 10.2. The molecular weight excluding hydrogens is 346 g/mol. The SMILES string of the molecule is Cc1ccc(NC(=O)c2cc3c(N4CCSCC4)nc(C)cn3n2)cc1. The number of rotatable bonds is 3. The number of carbonyl (C=O) groups excluding carboxylic acids is 1. The Hall–Kier alpha value is -2.54. The Bertz CT molecular complexity index is 944. The lowest BCUT2D eigenvalue weighted by molar-refractivity contribution is 0.102. The topological polar surface area (TPSA) is 62.5 Å². The predicted molar refractivity (Wildman–Crippen MR) is 106 cm³/mol. The van der Waals surface area contributed by atoms with Crippen LogP contribution in [0.1, 0.15) is 21.7 Å². The molecule has 1 amide bonds. The van der Waals surface area contributed by atoms with E-state index in [1.165, 1.54) is 0 Å². The van der Waals surface area contributed by atoms with Gasteiger partial charge < -0.3 is 10.2 Å². The van der Waals surface area contributed by atoms with E-state index in [2.05, 4.69) is 15.3 Å². The van der Waals surface area contributed by atoms with Crippen LogP contribution in [0, 0.1) is 13.8 Å². The molecule has 0 unspecified atom stereocenters. The smallest absolute Gasteiger partial charge is 0.276 e. The summed E-state index contributed by atoms with van der Waals surface area (Å²) in [5.41, 5.74) is 4.07. The van der Waals surface area contributed by atoms with Gasteiger partial charge in [-0.05, 0) is 26.0 Å². The third kappa shape index (κ3) is 3.39. The highest BCUT2D eigenvalue weighted by molar-refractivity contribution is 7.99. The number of hydrogen-bond acceptors (Lipinski definition) is 5. The van der Waals surface area contributed by atoms with Crippen molar-refractivity contribution in [1.29, 1.82) is 0 Å². The number of anilines is 2. The fourth-order valence-electron chi connectivity index (χ4n) is 3.04. The highest BCUT2D eigenvalue weighted by Crippen LogP contribution is 2.24. The number of amides is 1. The molecule has 3 aromatic rings. The number of aromatic nitrogens is 3. The maximum atomic E-state index is 12.6. The molecule has 6 nitrogen and oxygen atoms in total. The molecule has 3 heterocycles. The average Bonchev–Trinajstić information content (AvgIpc) is 3.07. The molecule has 0 bridgehead atoms. The molecule has 1 N–H and O–H groups in total. The first-order valence-electron chi connectivity index (χ1n) is 8.68. The standard InChI is InChI=1S/C19H21N5OS/c1-13-3-5-15(6-4-13)21-19(25)16-11-17-18(23-7-9-26-10-8-23)20-14(2)12-24(17)22-16/h3-6,11-12H,7-10H2,1-2H3,(H,21,25). The van der Waals surface area contributed by atoms with Crippen LogP contribution in [0.2, 0.25) is 0 Å². The minimum atomic E-state index is -0.213. The second kappa shape index (κ2) is 6.99. The fraction of sp³-hybridized carbons (Fsp3) is 0.316. The zero-order chi connectivity index (χ0) is 18.1. The Labute approximate surface area is 156 Å². The molecule has 134 valence electrons. The van der Waals surface area contributed by atoms with E-state index in [0.29, 0.717) is 5.69 Å². The van der Waals surface area contributed by atoms with Crippen molar-refractivity contribution in [3.63, 3.8) is 0 Å². The first-order valence-corrected chi connectivity index (χ1v) is 9.83. The molecule has 4 rings (SSSR count). The maximum absolute atomic E-state index is 12.6. The number of nitrogens with one attached hydrogen (secondary N) is 1. The highest BCUT2D eigenvalue weighted by atomic mass is 32.2. The fourth-order valence-corrected chi connectivity index (χ4v) is 3.94. The average molecular weight is 367 g/mol. The molecule has 0 aliphatic carbocycles. The summed E-state index contributed by atoms with van der Waals surface area (Å²) in [5, 5.41) is 7.38. The van der Waals surface area contributed by atoms with Crippen LogP contribution in [-0.4, -0.2) is 45.1 Å². The summed E-state index contributed by atoms with van der Waals surface area (Å²) in [6.45, 7) is 5.90. The van der Waals surface area contributed by atoms with E-state index >= 15 is 0 Å². The minimum Gasteiger partial charge on any atom is -0.353 e.